The predicted molar refractivity (Wildman–Crippen MR) is 49.1 cm³/mol. The number of hydrogen-bond acceptors (Lipinski definition) is 3. The summed E-state index contributed by atoms with van der Waals surface area (Å²) in [6.07, 6.45) is 0.890. The van der Waals surface area contributed by atoms with Crippen LogP contribution in [0.2, 0.25) is 0 Å². The summed E-state index contributed by atoms with van der Waals surface area (Å²) in [6, 6.07) is -0.0163. The van der Waals surface area contributed by atoms with Gasteiger partial charge >= 0.3 is 0 Å². The van der Waals surface area contributed by atoms with Crippen molar-refractivity contribution >= 4 is 0 Å². The largest absolute Gasteiger partial charge is 0.326 e. The van der Waals surface area contributed by atoms with E-state index < -0.39 is 0 Å². The van der Waals surface area contributed by atoms with Crippen LogP contribution in [0, 0.1) is 5.92 Å². The minimum absolute atomic E-state index is 0.0185. The number of hydrogen-bond donors (Lipinski definition) is 3. The molecule has 0 aromatic rings. The molecule has 6 N–H and O–H groups in total. The molecule has 0 bridgehead atoms. The summed E-state index contributed by atoms with van der Waals surface area (Å²) in [5.74, 6) is 0.405. The van der Waals surface area contributed by atoms with Crippen LogP contribution in [-0.2, 0) is 0 Å². The first-order chi connectivity index (χ1) is 5.00. The molecular formula is C8H21N3. The monoisotopic (exact) mass is 159 g/mol. The van der Waals surface area contributed by atoms with Crippen LogP contribution in [-0.4, -0.2) is 18.1 Å². The topological polar surface area (TPSA) is 78.1 Å². The summed E-state index contributed by atoms with van der Waals surface area (Å²) in [6.45, 7) is 6.15. The van der Waals surface area contributed by atoms with Gasteiger partial charge in [0.05, 0.1) is 0 Å². The van der Waals surface area contributed by atoms with Crippen molar-refractivity contribution in [3.05, 3.63) is 0 Å². The Morgan fingerprint density at radius 1 is 1.00 bits per heavy atom. The van der Waals surface area contributed by atoms with E-state index in [-0.39, 0.29) is 18.1 Å². The third kappa shape index (κ3) is 3.18. The molecule has 11 heavy (non-hydrogen) atoms. The Bertz CT molecular complexity index is 104. The van der Waals surface area contributed by atoms with E-state index in [1.807, 2.05) is 6.92 Å². The summed E-state index contributed by atoms with van der Waals surface area (Å²) in [7, 11) is 0. The Morgan fingerprint density at radius 3 is 1.73 bits per heavy atom. The Labute approximate surface area is 69.3 Å². The molecule has 3 heteroatoms. The lowest BCUT2D eigenvalue weighted by Crippen LogP contribution is -2.54. The van der Waals surface area contributed by atoms with E-state index in [4.69, 9.17) is 17.2 Å². The van der Waals surface area contributed by atoms with Gasteiger partial charge in [-0.2, -0.15) is 0 Å². The van der Waals surface area contributed by atoms with Crippen molar-refractivity contribution in [2.45, 2.75) is 45.3 Å². The van der Waals surface area contributed by atoms with Crippen LogP contribution >= 0.6 is 0 Å². The maximum atomic E-state index is 5.83. The third-order valence-electron chi connectivity index (χ3n) is 2.18. The normalized spacial score (nSPS) is 19.9. The Balaban J connectivity index is 3.90. The van der Waals surface area contributed by atoms with Gasteiger partial charge in [-0.15, -0.1) is 0 Å². The molecule has 0 aromatic carbocycles. The maximum absolute atomic E-state index is 5.83. The summed E-state index contributed by atoms with van der Waals surface area (Å²) in [4.78, 5) is 0. The van der Waals surface area contributed by atoms with Crippen molar-refractivity contribution < 1.29 is 0 Å². The molecule has 0 radical (unpaired) electrons. The van der Waals surface area contributed by atoms with Crippen molar-refractivity contribution in [2.24, 2.45) is 23.1 Å². The van der Waals surface area contributed by atoms with Gasteiger partial charge in [0.1, 0.15) is 0 Å². The van der Waals surface area contributed by atoms with E-state index in [0.29, 0.717) is 5.92 Å². The quantitative estimate of drug-likeness (QED) is 0.541. The molecule has 0 saturated heterocycles. The van der Waals surface area contributed by atoms with Crippen LogP contribution < -0.4 is 17.2 Å². The van der Waals surface area contributed by atoms with Gasteiger partial charge in [0.15, 0.2) is 0 Å². The minimum atomic E-state index is -0.0694. The molecule has 0 heterocycles. The molecule has 68 valence electrons. The average molecular weight is 159 g/mol. The van der Waals surface area contributed by atoms with Crippen LogP contribution in [0.5, 0.6) is 0 Å². The Hall–Kier alpha value is -0.120. The molecular weight excluding hydrogens is 138 g/mol. The zero-order valence-electron chi connectivity index (χ0n) is 7.75. The highest BCUT2D eigenvalue weighted by Crippen LogP contribution is 2.05. The van der Waals surface area contributed by atoms with Gasteiger partial charge in [0, 0.05) is 18.1 Å². The minimum Gasteiger partial charge on any atom is -0.326 e. The van der Waals surface area contributed by atoms with Gasteiger partial charge in [-0.3, -0.25) is 0 Å². The maximum Gasteiger partial charge on any atom is 0.0348 e. The van der Waals surface area contributed by atoms with Gasteiger partial charge in [0.25, 0.3) is 0 Å². The molecule has 0 spiro atoms. The van der Waals surface area contributed by atoms with Crippen LogP contribution in [0.25, 0.3) is 0 Å². The molecule has 3 unspecified atom stereocenters. The van der Waals surface area contributed by atoms with Gasteiger partial charge in [-0.1, -0.05) is 20.8 Å². The fourth-order valence-electron chi connectivity index (χ4n) is 1.00. The summed E-state index contributed by atoms with van der Waals surface area (Å²) < 4.78 is 0. The molecule has 0 aliphatic carbocycles. The van der Waals surface area contributed by atoms with Gasteiger partial charge in [-0.25, -0.2) is 0 Å². The lowest BCUT2D eigenvalue weighted by molar-refractivity contribution is 0.363. The molecule has 0 amide bonds. The number of nitrogens with two attached hydrogens (primary N) is 3. The van der Waals surface area contributed by atoms with Gasteiger partial charge in [0.2, 0.25) is 0 Å². The Morgan fingerprint density at radius 2 is 1.45 bits per heavy atom. The van der Waals surface area contributed by atoms with Crippen LogP contribution in [0.4, 0.5) is 0 Å². The highest BCUT2D eigenvalue weighted by atomic mass is 14.9. The highest BCUT2D eigenvalue weighted by Gasteiger charge is 2.21. The second kappa shape index (κ2) is 4.70. The lowest BCUT2D eigenvalue weighted by atomic mass is 9.92. The SMILES string of the molecule is CCC(N)C(N)C(N)C(C)C. The van der Waals surface area contributed by atoms with Crippen molar-refractivity contribution in [1.29, 1.82) is 0 Å². The van der Waals surface area contributed by atoms with E-state index in [9.17, 15) is 0 Å². The molecule has 0 saturated carbocycles. The lowest BCUT2D eigenvalue weighted by Gasteiger charge is -2.27. The van der Waals surface area contributed by atoms with E-state index in [2.05, 4.69) is 13.8 Å². The first-order valence-corrected chi connectivity index (χ1v) is 4.27. The van der Waals surface area contributed by atoms with E-state index in [0.717, 1.165) is 6.42 Å². The molecule has 0 aromatic heterocycles. The standard InChI is InChI=1S/C8H21N3/c1-4-6(9)8(11)7(10)5(2)3/h5-8H,4,9-11H2,1-3H3. The average Bonchev–Trinajstić information content (AvgIpc) is 2.00. The summed E-state index contributed by atoms with van der Waals surface area (Å²) >= 11 is 0. The van der Waals surface area contributed by atoms with E-state index in [1.165, 1.54) is 0 Å². The highest BCUT2D eigenvalue weighted by molar-refractivity contribution is 4.86. The zero-order chi connectivity index (χ0) is 9.02. The third-order valence-corrected chi connectivity index (χ3v) is 2.18. The molecule has 0 rings (SSSR count). The van der Waals surface area contributed by atoms with Crippen LogP contribution in [0.1, 0.15) is 27.2 Å². The van der Waals surface area contributed by atoms with Gasteiger partial charge in [-0.05, 0) is 12.3 Å². The van der Waals surface area contributed by atoms with Crippen LogP contribution in [0.3, 0.4) is 0 Å². The zero-order valence-corrected chi connectivity index (χ0v) is 7.75. The molecule has 0 fully saturated rings. The fraction of sp³-hybridized carbons (Fsp3) is 1.00. The van der Waals surface area contributed by atoms with E-state index in [1.54, 1.807) is 0 Å². The van der Waals surface area contributed by atoms with Crippen LogP contribution in [0.15, 0.2) is 0 Å². The first-order valence-electron chi connectivity index (χ1n) is 4.27. The van der Waals surface area contributed by atoms with Crippen molar-refractivity contribution in [3.63, 3.8) is 0 Å². The first kappa shape index (κ1) is 10.9. The molecule has 3 atom stereocenters. The second-order valence-corrected chi connectivity index (χ2v) is 3.47. The number of rotatable bonds is 4. The van der Waals surface area contributed by atoms with E-state index >= 15 is 0 Å². The van der Waals surface area contributed by atoms with Gasteiger partial charge < -0.3 is 17.2 Å². The summed E-state index contributed by atoms with van der Waals surface area (Å²) in [5, 5.41) is 0. The van der Waals surface area contributed by atoms with Crippen molar-refractivity contribution in [1.82, 2.24) is 0 Å². The summed E-state index contributed by atoms with van der Waals surface area (Å²) in [5.41, 5.74) is 17.4. The van der Waals surface area contributed by atoms with Crippen molar-refractivity contribution in [3.8, 4) is 0 Å². The predicted octanol–water partition coefficient (Wildman–Crippen LogP) is 0.0343. The smallest absolute Gasteiger partial charge is 0.0348 e. The molecule has 3 nitrogen and oxygen atoms in total. The second-order valence-electron chi connectivity index (χ2n) is 3.47. The Kier molecular flexibility index (Phi) is 4.65. The molecule has 0 aliphatic heterocycles. The molecule has 0 aliphatic rings. The van der Waals surface area contributed by atoms with Crippen molar-refractivity contribution in [2.75, 3.05) is 0 Å². The fourth-order valence-corrected chi connectivity index (χ4v) is 1.00.